The second-order valence-electron chi connectivity index (χ2n) is 4.19. The maximum atomic E-state index is 12.3. The van der Waals surface area contributed by atoms with Gasteiger partial charge in [-0.05, 0) is 30.4 Å². The zero-order valence-corrected chi connectivity index (χ0v) is 12.2. The number of hydrogen-bond acceptors (Lipinski definition) is 4. The van der Waals surface area contributed by atoms with Crippen LogP contribution < -0.4 is 0 Å². The molecule has 1 aliphatic rings. The molecule has 1 aromatic carbocycles. The summed E-state index contributed by atoms with van der Waals surface area (Å²) in [6, 6.07) is 10.2. The molecule has 0 N–H and O–H groups in total. The molecule has 0 spiro atoms. The van der Waals surface area contributed by atoms with Crippen LogP contribution >= 0.6 is 23.5 Å². The van der Waals surface area contributed by atoms with E-state index in [0.717, 1.165) is 17.9 Å². The largest absolute Gasteiger partial charge is 0.464 e. The van der Waals surface area contributed by atoms with Crippen molar-refractivity contribution in [1.29, 1.82) is 0 Å². The van der Waals surface area contributed by atoms with Crippen molar-refractivity contribution in [1.82, 2.24) is 0 Å². The van der Waals surface area contributed by atoms with Crippen molar-refractivity contribution >= 4 is 29.5 Å². The van der Waals surface area contributed by atoms with Crippen molar-refractivity contribution < 1.29 is 9.53 Å². The Morgan fingerprint density at radius 1 is 1.28 bits per heavy atom. The van der Waals surface area contributed by atoms with Gasteiger partial charge in [-0.15, -0.1) is 23.5 Å². The molecule has 0 radical (unpaired) electrons. The summed E-state index contributed by atoms with van der Waals surface area (Å²) in [6.07, 6.45) is 1.92. The summed E-state index contributed by atoms with van der Waals surface area (Å²) < 4.78 is 4.84. The molecule has 0 saturated carbocycles. The van der Waals surface area contributed by atoms with Crippen LogP contribution in [0.15, 0.2) is 30.3 Å². The fourth-order valence-electron chi connectivity index (χ4n) is 1.97. The van der Waals surface area contributed by atoms with E-state index in [4.69, 9.17) is 4.74 Å². The summed E-state index contributed by atoms with van der Waals surface area (Å²) in [4.78, 5) is 12.3. The summed E-state index contributed by atoms with van der Waals surface area (Å²) in [5, 5.41) is 0. The standard InChI is InChI=1S/C14H18O2S2/c1-2-16-13(15)14(17-9-6-10-18-14)11-12-7-4-3-5-8-12/h3-5,7-8H,2,6,9-11H2,1H3. The Hall–Kier alpha value is -0.610. The van der Waals surface area contributed by atoms with E-state index in [1.54, 1.807) is 23.5 Å². The SMILES string of the molecule is CCOC(=O)C1(Cc2ccccc2)SCCCS1. The normalized spacial score (nSPS) is 18.3. The van der Waals surface area contributed by atoms with Crippen LogP contribution in [0.5, 0.6) is 0 Å². The summed E-state index contributed by atoms with van der Waals surface area (Å²) in [5.41, 5.74) is 1.20. The molecule has 0 amide bonds. The number of rotatable bonds is 4. The predicted molar refractivity (Wildman–Crippen MR) is 79.0 cm³/mol. The van der Waals surface area contributed by atoms with Gasteiger partial charge in [-0.25, -0.2) is 4.79 Å². The van der Waals surface area contributed by atoms with Crippen molar-refractivity contribution in [2.24, 2.45) is 0 Å². The van der Waals surface area contributed by atoms with E-state index in [2.05, 4.69) is 12.1 Å². The topological polar surface area (TPSA) is 26.3 Å². The lowest BCUT2D eigenvalue weighted by atomic mass is 10.1. The quantitative estimate of drug-likeness (QED) is 0.791. The van der Waals surface area contributed by atoms with E-state index in [-0.39, 0.29) is 5.97 Å². The Labute approximate surface area is 117 Å². The number of thioether (sulfide) groups is 2. The molecule has 1 aliphatic heterocycles. The fourth-order valence-corrected chi connectivity index (χ4v) is 5.12. The van der Waals surface area contributed by atoms with E-state index in [1.807, 2.05) is 25.1 Å². The van der Waals surface area contributed by atoms with E-state index in [9.17, 15) is 4.79 Å². The van der Waals surface area contributed by atoms with Gasteiger partial charge >= 0.3 is 5.97 Å². The van der Waals surface area contributed by atoms with E-state index >= 15 is 0 Å². The van der Waals surface area contributed by atoms with E-state index in [1.165, 1.54) is 12.0 Å². The molecule has 0 atom stereocenters. The smallest absolute Gasteiger partial charge is 0.332 e. The van der Waals surface area contributed by atoms with Crippen LogP contribution in [0.3, 0.4) is 0 Å². The minimum absolute atomic E-state index is 0.0662. The zero-order valence-electron chi connectivity index (χ0n) is 10.6. The third-order valence-corrected chi connectivity index (χ3v) is 6.07. The molecule has 1 aromatic rings. The highest BCUT2D eigenvalue weighted by Crippen LogP contribution is 2.45. The highest BCUT2D eigenvalue weighted by Gasteiger charge is 2.42. The molecule has 2 nitrogen and oxygen atoms in total. The van der Waals surface area contributed by atoms with Crippen LogP contribution in [-0.4, -0.2) is 28.2 Å². The Morgan fingerprint density at radius 3 is 2.56 bits per heavy atom. The van der Waals surface area contributed by atoms with Crippen molar-refractivity contribution in [3.8, 4) is 0 Å². The summed E-state index contributed by atoms with van der Waals surface area (Å²) >= 11 is 3.48. The number of benzene rings is 1. The van der Waals surface area contributed by atoms with E-state index in [0.29, 0.717) is 6.61 Å². The highest BCUT2D eigenvalue weighted by atomic mass is 32.2. The second kappa shape index (κ2) is 6.53. The molecule has 1 saturated heterocycles. The average Bonchev–Trinajstić information content (AvgIpc) is 2.41. The molecule has 0 unspecified atom stereocenters. The molecule has 0 aliphatic carbocycles. The van der Waals surface area contributed by atoms with Gasteiger partial charge in [0, 0.05) is 6.42 Å². The maximum absolute atomic E-state index is 12.3. The molecule has 98 valence electrons. The number of esters is 1. The lowest BCUT2D eigenvalue weighted by Gasteiger charge is -2.33. The highest BCUT2D eigenvalue weighted by molar-refractivity contribution is 8.19. The first kappa shape index (κ1) is 13.8. The first-order valence-electron chi connectivity index (χ1n) is 6.26. The third kappa shape index (κ3) is 3.23. The van der Waals surface area contributed by atoms with Crippen LogP contribution in [0.4, 0.5) is 0 Å². The van der Waals surface area contributed by atoms with Crippen LogP contribution in [0.1, 0.15) is 18.9 Å². The van der Waals surface area contributed by atoms with Gasteiger partial charge in [0.1, 0.15) is 0 Å². The Bertz CT molecular complexity index is 386. The molecule has 4 heteroatoms. The molecule has 0 bridgehead atoms. The van der Waals surface area contributed by atoms with Crippen molar-refractivity contribution in [2.75, 3.05) is 18.1 Å². The van der Waals surface area contributed by atoms with Crippen molar-refractivity contribution in [3.05, 3.63) is 35.9 Å². The van der Waals surface area contributed by atoms with Crippen molar-refractivity contribution in [2.45, 2.75) is 23.8 Å². The summed E-state index contributed by atoms with van der Waals surface area (Å²) in [6.45, 7) is 2.32. The zero-order chi connectivity index (χ0) is 12.8. The third-order valence-electron chi connectivity index (χ3n) is 2.83. The van der Waals surface area contributed by atoms with Gasteiger partial charge in [0.2, 0.25) is 0 Å². The Balaban J connectivity index is 2.16. The van der Waals surface area contributed by atoms with Gasteiger partial charge in [0.05, 0.1) is 6.61 Å². The van der Waals surface area contributed by atoms with Crippen LogP contribution in [0.2, 0.25) is 0 Å². The molecule has 18 heavy (non-hydrogen) atoms. The number of ether oxygens (including phenoxy) is 1. The van der Waals surface area contributed by atoms with Gasteiger partial charge in [0.15, 0.2) is 4.08 Å². The monoisotopic (exact) mass is 282 g/mol. The van der Waals surface area contributed by atoms with Gasteiger partial charge < -0.3 is 4.74 Å². The number of hydrogen-bond donors (Lipinski definition) is 0. The van der Waals surface area contributed by atoms with Crippen LogP contribution in [-0.2, 0) is 16.0 Å². The van der Waals surface area contributed by atoms with Gasteiger partial charge in [-0.3, -0.25) is 0 Å². The first-order valence-corrected chi connectivity index (χ1v) is 8.23. The molecular weight excluding hydrogens is 264 g/mol. The lowest BCUT2D eigenvalue weighted by molar-refractivity contribution is -0.143. The Kier molecular flexibility index (Phi) is 5.01. The molecule has 2 rings (SSSR count). The Morgan fingerprint density at radius 2 is 1.94 bits per heavy atom. The minimum Gasteiger partial charge on any atom is -0.464 e. The molecule has 1 fully saturated rings. The number of carbonyl (C=O) groups is 1. The van der Waals surface area contributed by atoms with Crippen molar-refractivity contribution in [3.63, 3.8) is 0 Å². The van der Waals surface area contributed by atoms with Crippen LogP contribution in [0, 0.1) is 0 Å². The maximum Gasteiger partial charge on any atom is 0.332 e. The first-order chi connectivity index (χ1) is 8.77. The molecule has 1 heterocycles. The van der Waals surface area contributed by atoms with Gasteiger partial charge in [-0.2, -0.15) is 0 Å². The summed E-state index contributed by atoms with van der Waals surface area (Å²) in [7, 11) is 0. The number of carbonyl (C=O) groups excluding carboxylic acids is 1. The average molecular weight is 282 g/mol. The lowest BCUT2D eigenvalue weighted by Crippen LogP contribution is -2.38. The summed E-state index contributed by atoms with van der Waals surface area (Å²) in [5.74, 6) is 2.01. The van der Waals surface area contributed by atoms with Crippen LogP contribution in [0.25, 0.3) is 0 Å². The van der Waals surface area contributed by atoms with Gasteiger partial charge in [0.25, 0.3) is 0 Å². The van der Waals surface area contributed by atoms with E-state index < -0.39 is 4.08 Å². The molecule has 0 aromatic heterocycles. The minimum atomic E-state index is -0.435. The predicted octanol–water partition coefficient (Wildman–Crippen LogP) is 3.36. The fraction of sp³-hybridized carbons (Fsp3) is 0.500. The molecular formula is C14H18O2S2. The van der Waals surface area contributed by atoms with Gasteiger partial charge in [-0.1, -0.05) is 30.3 Å². The second-order valence-corrected chi connectivity index (χ2v) is 7.23.